The molecule has 0 saturated carbocycles. The second kappa shape index (κ2) is 4.65. The standard InChI is InChI=1S/C15H13N3O/c1-10-4-3-5-12(17-10)11-8-9-16-13-6-7-14(19-2)18-15(11)13/h3-9H,1-2H3. The average Bonchev–Trinajstić information content (AvgIpc) is 2.46. The van der Waals surface area contributed by atoms with Gasteiger partial charge < -0.3 is 4.74 Å². The van der Waals surface area contributed by atoms with Crippen LogP contribution in [-0.4, -0.2) is 22.1 Å². The molecular formula is C15H13N3O. The Bertz CT molecular complexity index is 740. The summed E-state index contributed by atoms with van der Waals surface area (Å²) in [5.74, 6) is 0.578. The van der Waals surface area contributed by atoms with Crippen LogP contribution < -0.4 is 4.74 Å². The van der Waals surface area contributed by atoms with Gasteiger partial charge in [-0.15, -0.1) is 0 Å². The predicted octanol–water partition coefficient (Wildman–Crippen LogP) is 3.01. The van der Waals surface area contributed by atoms with Crippen LogP contribution in [0.3, 0.4) is 0 Å². The molecule has 3 rings (SSSR count). The highest BCUT2D eigenvalue weighted by atomic mass is 16.5. The van der Waals surface area contributed by atoms with Gasteiger partial charge in [-0.05, 0) is 31.2 Å². The first-order chi connectivity index (χ1) is 9.28. The average molecular weight is 251 g/mol. The zero-order chi connectivity index (χ0) is 13.2. The number of pyridine rings is 3. The van der Waals surface area contributed by atoms with E-state index in [9.17, 15) is 0 Å². The molecule has 0 aliphatic rings. The van der Waals surface area contributed by atoms with Crippen molar-refractivity contribution in [2.45, 2.75) is 6.92 Å². The molecule has 0 atom stereocenters. The SMILES string of the molecule is COc1ccc2nccc(-c3cccc(C)n3)c2n1. The topological polar surface area (TPSA) is 47.9 Å². The van der Waals surface area contributed by atoms with Gasteiger partial charge in [-0.2, -0.15) is 0 Å². The third kappa shape index (κ3) is 2.12. The van der Waals surface area contributed by atoms with Crippen molar-refractivity contribution in [2.75, 3.05) is 7.11 Å². The third-order valence-electron chi connectivity index (χ3n) is 2.93. The lowest BCUT2D eigenvalue weighted by molar-refractivity contribution is 0.399. The number of aryl methyl sites for hydroxylation is 1. The summed E-state index contributed by atoms with van der Waals surface area (Å²) in [4.78, 5) is 13.3. The fourth-order valence-electron chi connectivity index (χ4n) is 2.02. The van der Waals surface area contributed by atoms with E-state index >= 15 is 0 Å². The van der Waals surface area contributed by atoms with E-state index in [0.717, 1.165) is 28.0 Å². The van der Waals surface area contributed by atoms with E-state index in [1.54, 1.807) is 13.3 Å². The zero-order valence-corrected chi connectivity index (χ0v) is 10.8. The van der Waals surface area contributed by atoms with E-state index < -0.39 is 0 Å². The highest BCUT2D eigenvalue weighted by Gasteiger charge is 2.08. The van der Waals surface area contributed by atoms with Crippen LogP contribution in [0.1, 0.15) is 5.69 Å². The molecule has 0 bridgehead atoms. The predicted molar refractivity (Wildman–Crippen MR) is 74.1 cm³/mol. The summed E-state index contributed by atoms with van der Waals surface area (Å²) in [7, 11) is 1.61. The van der Waals surface area contributed by atoms with Gasteiger partial charge in [-0.25, -0.2) is 4.98 Å². The quantitative estimate of drug-likeness (QED) is 0.702. The normalized spacial score (nSPS) is 10.6. The Labute approximate surface area is 111 Å². The monoisotopic (exact) mass is 251 g/mol. The lowest BCUT2D eigenvalue weighted by Gasteiger charge is -2.07. The van der Waals surface area contributed by atoms with Gasteiger partial charge in [0.2, 0.25) is 5.88 Å². The van der Waals surface area contributed by atoms with Gasteiger partial charge in [0.05, 0.1) is 18.3 Å². The molecule has 0 spiro atoms. The molecule has 0 aliphatic carbocycles. The summed E-state index contributed by atoms with van der Waals surface area (Å²) in [6.45, 7) is 1.97. The first-order valence-electron chi connectivity index (χ1n) is 6.02. The van der Waals surface area contributed by atoms with Crippen LogP contribution in [0.4, 0.5) is 0 Å². The minimum absolute atomic E-state index is 0.578. The molecule has 3 aromatic rings. The second-order valence-electron chi connectivity index (χ2n) is 4.24. The molecule has 0 amide bonds. The lowest BCUT2D eigenvalue weighted by atomic mass is 10.1. The smallest absolute Gasteiger partial charge is 0.213 e. The molecule has 0 saturated heterocycles. The summed E-state index contributed by atoms with van der Waals surface area (Å²) in [6, 6.07) is 11.6. The van der Waals surface area contributed by atoms with Crippen molar-refractivity contribution in [2.24, 2.45) is 0 Å². The molecule has 0 radical (unpaired) electrons. The van der Waals surface area contributed by atoms with Crippen molar-refractivity contribution in [3.8, 4) is 17.1 Å². The molecule has 0 unspecified atom stereocenters. The molecule has 0 aromatic carbocycles. The Kier molecular flexibility index (Phi) is 2.83. The van der Waals surface area contributed by atoms with E-state index in [1.165, 1.54) is 0 Å². The molecule has 19 heavy (non-hydrogen) atoms. The van der Waals surface area contributed by atoms with Crippen molar-refractivity contribution < 1.29 is 4.74 Å². The van der Waals surface area contributed by atoms with Gasteiger partial charge in [0.25, 0.3) is 0 Å². The Hall–Kier alpha value is -2.49. The first-order valence-corrected chi connectivity index (χ1v) is 6.02. The van der Waals surface area contributed by atoms with Crippen LogP contribution >= 0.6 is 0 Å². The molecule has 0 N–H and O–H groups in total. The van der Waals surface area contributed by atoms with Gasteiger partial charge in [0.1, 0.15) is 5.52 Å². The molecule has 0 fully saturated rings. The van der Waals surface area contributed by atoms with Crippen LogP contribution in [0.25, 0.3) is 22.3 Å². The minimum Gasteiger partial charge on any atom is -0.481 e. The molecule has 4 heteroatoms. The number of rotatable bonds is 2. The van der Waals surface area contributed by atoms with E-state index in [0.29, 0.717) is 5.88 Å². The highest BCUT2D eigenvalue weighted by Crippen LogP contribution is 2.26. The first kappa shape index (κ1) is 11.6. The van der Waals surface area contributed by atoms with Crippen molar-refractivity contribution in [1.29, 1.82) is 0 Å². The molecule has 3 heterocycles. The minimum atomic E-state index is 0.578. The Morgan fingerprint density at radius 1 is 1.00 bits per heavy atom. The molecule has 3 aromatic heterocycles. The number of methoxy groups -OCH3 is 1. The second-order valence-corrected chi connectivity index (χ2v) is 4.24. The van der Waals surface area contributed by atoms with Crippen LogP contribution in [0.15, 0.2) is 42.6 Å². The molecule has 0 aliphatic heterocycles. The fraction of sp³-hybridized carbons (Fsp3) is 0.133. The van der Waals surface area contributed by atoms with Crippen molar-refractivity contribution in [1.82, 2.24) is 15.0 Å². The fourth-order valence-corrected chi connectivity index (χ4v) is 2.02. The summed E-state index contributed by atoms with van der Waals surface area (Å²) in [5, 5.41) is 0. The summed E-state index contributed by atoms with van der Waals surface area (Å²) >= 11 is 0. The van der Waals surface area contributed by atoms with Crippen LogP contribution in [0, 0.1) is 6.92 Å². The van der Waals surface area contributed by atoms with Crippen molar-refractivity contribution in [3.63, 3.8) is 0 Å². The van der Waals surface area contributed by atoms with E-state index in [1.807, 2.05) is 43.3 Å². The Morgan fingerprint density at radius 2 is 1.89 bits per heavy atom. The number of nitrogens with zero attached hydrogens (tertiary/aromatic N) is 3. The lowest BCUT2D eigenvalue weighted by Crippen LogP contribution is -1.93. The number of hydrogen-bond donors (Lipinski definition) is 0. The van der Waals surface area contributed by atoms with Gasteiger partial charge in [0, 0.05) is 23.5 Å². The zero-order valence-electron chi connectivity index (χ0n) is 10.8. The van der Waals surface area contributed by atoms with Crippen LogP contribution in [0.5, 0.6) is 5.88 Å². The maximum Gasteiger partial charge on any atom is 0.213 e. The van der Waals surface area contributed by atoms with Crippen LogP contribution in [0.2, 0.25) is 0 Å². The molecule has 94 valence electrons. The van der Waals surface area contributed by atoms with E-state index in [-0.39, 0.29) is 0 Å². The van der Waals surface area contributed by atoms with Gasteiger partial charge in [0.15, 0.2) is 0 Å². The number of hydrogen-bond acceptors (Lipinski definition) is 4. The summed E-state index contributed by atoms with van der Waals surface area (Å²) in [5.41, 5.74) is 4.48. The third-order valence-corrected chi connectivity index (χ3v) is 2.93. The van der Waals surface area contributed by atoms with E-state index in [4.69, 9.17) is 4.74 Å². The number of aromatic nitrogens is 3. The van der Waals surface area contributed by atoms with E-state index in [2.05, 4.69) is 15.0 Å². The van der Waals surface area contributed by atoms with Crippen molar-refractivity contribution >= 4 is 11.0 Å². The van der Waals surface area contributed by atoms with Gasteiger partial charge >= 0.3 is 0 Å². The van der Waals surface area contributed by atoms with Gasteiger partial charge in [-0.1, -0.05) is 6.07 Å². The Morgan fingerprint density at radius 3 is 2.68 bits per heavy atom. The summed E-state index contributed by atoms with van der Waals surface area (Å²) < 4.78 is 5.18. The number of fused-ring (bicyclic) bond motifs is 1. The Balaban J connectivity index is 2.28. The highest BCUT2D eigenvalue weighted by molar-refractivity contribution is 5.90. The molecular weight excluding hydrogens is 238 g/mol. The maximum atomic E-state index is 5.18. The van der Waals surface area contributed by atoms with Crippen molar-refractivity contribution in [3.05, 3.63) is 48.3 Å². The maximum absolute atomic E-state index is 5.18. The summed E-state index contributed by atoms with van der Waals surface area (Å²) in [6.07, 6.45) is 1.77. The molecule has 4 nitrogen and oxygen atoms in total. The van der Waals surface area contributed by atoms with Gasteiger partial charge in [-0.3, -0.25) is 9.97 Å². The number of ether oxygens (including phenoxy) is 1. The van der Waals surface area contributed by atoms with Crippen LogP contribution in [-0.2, 0) is 0 Å². The largest absolute Gasteiger partial charge is 0.481 e.